The first kappa shape index (κ1) is 17.8. The number of aryl methyl sites for hydroxylation is 2. The third-order valence-electron chi connectivity index (χ3n) is 4.06. The zero-order valence-electron chi connectivity index (χ0n) is 14.9. The summed E-state index contributed by atoms with van der Waals surface area (Å²) in [5.74, 6) is 0.892. The summed E-state index contributed by atoms with van der Waals surface area (Å²) >= 11 is 0. The summed E-state index contributed by atoms with van der Waals surface area (Å²) in [6.07, 6.45) is 2.77. The lowest BCUT2D eigenvalue weighted by Crippen LogP contribution is -2.49. The van der Waals surface area contributed by atoms with E-state index in [1.165, 1.54) is 5.56 Å². The van der Waals surface area contributed by atoms with Crippen LogP contribution in [0.3, 0.4) is 0 Å². The molecule has 1 amide bonds. The minimum absolute atomic E-state index is 0.213. The highest BCUT2D eigenvalue weighted by Gasteiger charge is 2.27. The van der Waals surface area contributed by atoms with Crippen LogP contribution in [-0.4, -0.2) is 47.4 Å². The maximum atomic E-state index is 12.2. The Bertz CT molecular complexity index is 514. The van der Waals surface area contributed by atoms with Crippen molar-refractivity contribution in [2.24, 2.45) is 0 Å². The molecule has 1 aromatic heterocycles. The number of hydrogen-bond acceptors (Lipinski definition) is 5. The molecule has 0 spiro atoms. The van der Waals surface area contributed by atoms with Gasteiger partial charge in [-0.1, -0.05) is 5.16 Å². The van der Waals surface area contributed by atoms with E-state index in [1.807, 2.05) is 39.5 Å². The van der Waals surface area contributed by atoms with Crippen molar-refractivity contribution < 1.29 is 14.1 Å². The van der Waals surface area contributed by atoms with Gasteiger partial charge in [0.05, 0.1) is 5.69 Å². The van der Waals surface area contributed by atoms with Crippen molar-refractivity contribution in [1.29, 1.82) is 0 Å². The average molecular weight is 323 g/mol. The molecule has 0 radical (unpaired) electrons. The van der Waals surface area contributed by atoms with Gasteiger partial charge in [0.2, 0.25) is 0 Å². The van der Waals surface area contributed by atoms with Gasteiger partial charge in [0.1, 0.15) is 11.4 Å². The minimum atomic E-state index is -0.444. The van der Waals surface area contributed by atoms with E-state index in [9.17, 15) is 4.79 Å². The van der Waals surface area contributed by atoms with Crippen LogP contribution >= 0.6 is 0 Å². The quantitative estimate of drug-likeness (QED) is 0.923. The Morgan fingerprint density at radius 3 is 2.78 bits per heavy atom. The molecule has 23 heavy (non-hydrogen) atoms. The van der Waals surface area contributed by atoms with Gasteiger partial charge < -0.3 is 19.5 Å². The molecule has 0 aromatic carbocycles. The summed E-state index contributed by atoms with van der Waals surface area (Å²) in [6.45, 7) is 11.9. The highest BCUT2D eigenvalue weighted by molar-refractivity contribution is 5.68. The Labute approximate surface area is 138 Å². The maximum absolute atomic E-state index is 12.2. The number of nitrogens with zero attached hydrogens (tertiary/aromatic N) is 2. The molecule has 0 aliphatic carbocycles. The van der Waals surface area contributed by atoms with Crippen LogP contribution in [0.15, 0.2) is 4.52 Å². The molecule has 2 heterocycles. The van der Waals surface area contributed by atoms with Gasteiger partial charge in [-0.15, -0.1) is 0 Å². The molecule has 2 rings (SSSR count). The molecule has 0 unspecified atom stereocenters. The maximum Gasteiger partial charge on any atom is 0.410 e. The Kier molecular flexibility index (Phi) is 5.68. The van der Waals surface area contributed by atoms with Gasteiger partial charge in [-0.3, -0.25) is 0 Å². The first-order chi connectivity index (χ1) is 10.8. The van der Waals surface area contributed by atoms with Crippen molar-refractivity contribution >= 4 is 6.09 Å². The summed E-state index contributed by atoms with van der Waals surface area (Å²) in [6, 6.07) is 0.316. The number of hydrogen-bond donors (Lipinski definition) is 1. The fourth-order valence-corrected chi connectivity index (χ4v) is 2.90. The number of aromatic nitrogens is 1. The number of rotatable bonds is 4. The van der Waals surface area contributed by atoms with Crippen molar-refractivity contribution in [1.82, 2.24) is 15.4 Å². The van der Waals surface area contributed by atoms with Gasteiger partial charge in [-0.25, -0.2) is 4.79 Å². The van der Waals surface area contributed by atoms with Gasteiger partial charge in [-0.2, -0.15) is 0 Å². The lowest BCUT2D eigenvalue weighted by atomic mass is 10.1. The van der Waals surface area contributed by atoms with Crippen LogP contribution in [0, 0.1) is 13.8 Å². The summed E-state index contributed by atoms with van der Waals surface area (Å²) in [7, 11) is 0. The minimum Gasteiger partial charge on any atom is -0.444 e. The molecular formula is C17H29N3O3. The lowest BCUT2D eigenvalue weighted by Gasteiger charge is -2.34. The predicted octanol–water partition coefficient (Wildman–Crippen LogP) is 2.82. The van der Waals surface area contributed by atoms with Crippen LogP contribution in [0.1, 0.15) is 50.6 Å². The van der Waals surface area contributed by atoms with Crippen LogP contribution < -0.4 is 5.32 Å². The van der Waals surface area contributed by atoms with E-state index in [-0.39, 0.29) is 6.09 Å². The molecule has 0 saturated carbocycles. The first-order valence-corrected chi connectivity index (χ1v) is 8.39. The smallest absolute Gasteiger partial charge is 0.410 e. The molecule has 1 saturated heterocycles. The van der Waals surface area contributed by atoms with Gasteiger partial charge in [0.25, 0.3) is 0 Å². The monoisotopic (exact) mass is 323 g/mol. The van der Waals surface area contributed by atoms with E-state index in [0.717, 1.165) is 43.8 Å². The number of carbonyl (C=O) groups excluding carboxylic acids is 1. The molecule has 6 heteroatoms. The number of carbonyl (C=O) groups is 1. The number of amides is 1. The molecule has 1 atom stereocenters. The van der Waals surface area contributed by atoms with Crippen molar-refractivity contribution in [3.05, 3.63) is 17.0 Å². The summed E-state index contributed by atoms with van der Waals surface area (Å²) in [5, 5.41) is 7.52. The van der Waals surface area contributed by atoms with Crippen molar-refractivity contribution in [2.75, 3.05) is 19.6 Å². The van der Waals surface area contributed by atoms with Gasteiger partial charge >= 0.3 is 6.09 Å². The second-order valence-electron chi connectivity index (χ2n) is 7.27. The number of ether oxygens (including phenoxy) is 1. The first-order valence-electron chi connectivity index (χ1n) is 8.39. The molecule has 1 N–H and O–H groups in total. The number of piperidine rings is 1. The summed E-state index contributed by atoms with van der Waals surface area (Å²) < 4.78 is 10.6. The van der Waals surface area contributed by atoms with Crippen LogP contribution in [-0.2, 0) is 11.2 Å². The molecule has 1 aliphatic heterocycles. The van der Waals surface area contributed by atoms with Gasteiger partial charge in [0.15, 0.2) is 0 Å². The third-order valence-corrected chi connectivity index (χ3v) is 4.06. The highest BCUT2D eigenvalue weighted by Crippen LogP contribution is 2.16. The standard InChI is InChI=1S/C17H29N3O3/c1-12-15(13(2)23-19-12)8-9-18-14-7-6-10-20(11-14)16(21)22-17(3,4)5/h14,18H,6-11H2,1-5H3/t14-/m0/s1. The average Bonchev–Trinajstić information content (AvgIpc) is 2.77. The molecule has 130 valence electrons. The van der Waals surface area contributed by atoms with E-state index in [2.05, 4.69) is 10.5 Å². The second-order valence-corrected chi connectivity index (χ2v) is 7.27. The molecular weight excluding hydrogens is 294 g/mol. The SMILES string of the molecule is Cc1noc(C)c1CCN[C@H]1CCCN(C(=O)OC(C)(C)C)C1. The Morgan fingerprint density at radius 2 is 2.17 bits per heavy atom. The van der Waals surface area contributed by atoms with Crippen molar-refractivity contribution in [3.63, 3.8) is 0 Å². The zero-order chi connectivity index (χ0) is 17.0. The van der Waals surface area contributed by atoms with Crippen LogP contribution in [0.2, 0.25) is 0 Å². The van der Waals surface area contributed by atoms with Gasteiger partial charge in [0, 0.05) is 24.7 Å². The molecule has 1 fully saturated rings. The van der Waals surface area contributed by atoms with E-state index >= 15 is 0 Å². The lowest BCUT2D eigenvalue weighted by molar-refractivity contribution is 0.0188. The summed E-state index contributed by atoms with van der Waals surface area (Å²) in [5.41, 5.74) is 1.70. The third kappa shape index (κ3) is 5.23. The number of likely N-dealkylation sites (tertiary alicyclic amines) is 1. The number of nitrogens with one attached hydrogen (secondary N) is 1. The van der Waals surface area contributed by atoms with Crippen LogP contribution in [0.25, 0.3) is 0 Å². The molecule has 1 aromatic rings. The van der Waals surface area contributed by atoms with Crippen LogP contribution in [0.4, 0.5) is 4.79 Å². The molecule has 1 aliphatic rings. The van der Waals surface area contributed by atoms with Gasteiger partial charge in [-0.05, 0) is 60.4 Å². The Morgan fingerprint density at radius 1 is 1.43 bits per heavy atom. The highest BCUT2D eigenvalue weighted by atomic mass is 16.6. The Hall–Kier alpha value is -1.56. The predicted molar refractivity (Wildman–Crippen MR) is 88.5 cm³/mol. The largest absolute Gasteiger partial charge is 0.444 e. The van der Waals surface area contributed by atoms with E-state index < -0.39 is 5.60 Å². The zero-order valence-corrected chi connectivity index (χ0v) is 14.9. The van der Waals surface area contributed by atoms with E-state index in [1.54, 1.807) is 0 Å². The fourth-order valence-electron chi connectivity index (χ4n) is 2.90. The van der Waals surface area contributed by atoms with Crippen LogP contribution in [0.5, 0.6) is 0 Å². The molecule has 6 nitrogen and oxygen atoms in total. The Balaban J connectivity index is 1.79. The van der Waals surface area contributed by atoms with E-state index in [4.69, 9.17) is 9.26 Å². The van der Waals surface area contributed by atoms with Crippen molar-refractivity contribution in [3.8, 4) is 0 Å². The normalized spacial score (nSPS) is 19.0. The molecule has 0 bridgehead atoms. The van der Waals surface area contributed by atoms with Crippen molar-refractivity contribution in [2.45, 2.75) is 65.5 Å². The fraction of sp³-hybridized carbons (Fsp3) is 0.765. The topological polar surface area (TPSA) is 67.6 Å². The second kappa shape index (κ2) is 7.34. The summed E-state index contributed by atoms with van der Waals surface area (Å²) in [4.78, 5) is 14.0. The van der Waals surface area contributed by atoms with E-state index in [0.29, 0.717) is 12.6 Å².